The predicted molar refractivity (Wildman–Crippen MR) is 77.2 cm³/mol. The van der Waals surface area contributed by atoms with E-state index in [4.69, 9.17) is 10.5 Å². The maximum atomic E-state index is 13.7. The first kappa shape index (κ1) is 13.2. The Hall–Kier alpha value is -1.78. The number of imidazole rings is 1. The molecular weight excluding hydrogens is 257 g/mol. The molecule has 2 atom stereocenters. The largest absolute Gasteiger partial charge is 0.494 e. The summed E-state index contributed by atoms with van der Waals surface area (Å²) in [4.78, 5) is 4.26. The molecule has 1 fully saturated rings. The van der Waals surface area contributed by atoms with E-state index in [0.29, 0.717) is 17.4 Å². The summed E-state index contributed by atoms with van der Waals surface area (Å²) in [6.45, 7) is 3.13. The third kappa shape index (κ3) is 2.21. The summed E-state index contributed by atoms with van der Waals surface area (Å²) in [7, 11) is 1.47. The van der Waals surface area contributed by atoms with Gasteiger partial charge >= 0.3 is 0 Å². The summed E-state index contributed by atoms with van der Waals surface area (Å²) in [5.74, 6) is 1.69. The molecule has 0 amide bonds. The van der Waals surface area contributed by atoms with Crippen molar-refractivity contribution >= 4 is 17.0 Å². The number of benzene rings is 1. The number of aromatic nitrogens is 2. The van der Waals surface area contributed by atoms with Gasteiger partial charge in [0.25, 0.3) is 0 Å². The lowest BCUT2D eigenvalue weighted by Crippen LogP contribution is -2.10. The SMILES string of the molecule is COc1cc2c(cc1F)nc(N)n2CC1CCC(C)C1. The van der Waals surface area contributed by atoms with Gasteiger partial charge in [-0.2, -0.15) is 0 Å². The predicted octanol–water partition coefficient (Wildman–Crippen LogP) is 3.20. The number of nitrogens with zero attached hydrogens (tertiary/aromatic N) is 2. The van der Waals surface area contributed by atoms with Crippen molar-refractivity contribution < 1.29 is 9.13 Å². The Morgan fingerprint density at radius 1 is 1.45 bits per heavy atom. The summed E-state index contributed by atoms with van der Waals surface area (Å²) in [5.41, 5.74) is 7.43. The third-order valence-electron chi connectivity index (χ3n) is 4.30. The number of rotatable bonds is 3. The highest BCUT2D eigenvalue weighted by Gasteiger charge is 2.23. The Bertz CT molecular complexity index is 638. The first-order valence-corrected chi connectivity index (χ1v) is 7.07. The molecule has 1 aliphatic rings. The van der Waals surface area contributed by atoms with E-state index in [0.717, 1.165) is 18.0 Å². The summed E-state index contributed by atoms with van der Waals surface area (Å²) < 4.78 is 20.7. The minimum absolute atomic E-state index is 0.235. The van der Waals surface area contributed by atoms with Gasteiger partial charge in [-0.3, -0.25) is 0 Å². The molecule has 2 N–H and O–H groups in total. The average molecular weight is 277 g/mol. The van der Waals surface area contributed by atoms with Gasteiger partial charge in [0.05, 0.1) is 18.1 Å². The van der Waals surface area contributed by atoms with Crippen LogP contribution in [0.3, 0.4) is 0 Å². The summed E-state index contributed by atoms with van der Waals surface area (Å²) in [6, 6.07) is 3.07. The van der Waals surface area contributed by atoms with Gasteiger partial charge in [-0.15, -0.1) is 0 Å². The van der Waals surface area contributed by atoms with Crippen LogP contribution in [0.15, 0.2) is 12.1 Å². The van der Waals surface area contributed by atoms with Crippen molar-refractivity contribution in [1.29, 1.82) is 0 Å². The average Bonchev–Trinajstić information content (AvgIpc) is 2.94. The second-order valence-electron chi connectivity index (χ2n) is 5.84. The summed E-state index contributed by atoms with van der Waals surface area (Å²) in [5, 5.41) is 0. The molecule has 1 saturated carbocycles. The summed E-state index contributed by atoms with van der Waals surface area (Å²) >= 11 is 0. The zero-order valence-corrected chi connectivity index (χ0v) is 11.9. The van der Waals surface area contributed by atoms with Crippen molar-refractivity contribution in [3.8, 4) is 5.75 Å². The zero-order valence-electron chi connectivity index (χ0n) is 11.9. The van der Waals surface area contributed by atoms with Crippen molar-refractivity contribution in [2.45, 2.75) is 32.7 Å². The number of hydrogen-bond acceptors (Lipinski definition) is 3. The molecule has 2 unspecified atom stereocenters. The van der Waals surface area contributed by atoms with Crippen molar-refractivity contribution in [1.82, 2.24) is 9.55 Å². The van der Waals surface area contributed by atoms with E-state index < -0.39 is 5.82 Å². The van der Waals surface area contributed by atoms with Gasteiger partial charge in [0.2, 0.25) is 5.95 Å². The Balaban J connectivity index is 1.99. The van der Waals surface area contributed by atoms with Gasteiger partial charge in [0.15, 0.2) is 11.6 Å². The number of halogens is 1. The minimum Gasteiger partial charge on any atom is -0.494 e. The fourth-order valence-corrected chi connectivity index (χ4v) is 3.24. The van der Waals surface area contributed by atoms with Crippen LogP contribution in [0.2, 0.25) is 0 Å². The highest BCUT2D eigenvalue weighted by atomic mass is 19.1. The van der Waals surface area contributed by atoms with Crippen LogP contribution in [0.1, 0.15) is 26.2 Å². The van der Waals surface area contributed by atoms with E-state index in [-0.39, 0.29) is 5.75 Å². The monoisotopic (exact) mass is 277 g/mol. The van der Waals surface area contributed by atoms with Crippen LogP contribution in [0.4, 0.5) is 10.3 Å². The normalized spacial score (nSPS) is 22.6. The number of nitrogen functional groups attached to an aromatic ring is 1. The molecular formula is C15H20FN3O. The first-order valence-electron chi connectivity index (χ1n) is 7.07. The highest BCUT2D eigenvalue weighted by molar-refractivity contribution is 5.80. The van der Waals surface area contributed by atoms with Crippen LogP contribution in [0.5, 0.6) is 5.75 Å². The van der Waals surface area contributed by atoms with Crippen LogP contribution < -0.4 is 10.5 Å². The molecule has 1 aromatic heterocycles. The molecule has 0 saturated heterocycles. The van der Waals surface area contributed by atoms with Crippen LogP contribution in [-0.4, -0.2) is 16.7 Å². The van der Waals surface area contributed by atoms with E-state index in [1.54, 1.807) is 6.07 Å². The number of hydrogen-bond donors (Lipinski definition) is 1. The molecule has 20 heavy (non-hydrogen) atoms. The molecule has 4 nitrogen and oxygen atoms in total. The van der Waals surface area contributed by atoms with E-state index in [2.05, 4.69) is 11.9 Å². The van der Waals surface area contributed by atoms with E-state index in [1.807, 2.05) is 4.57 Å². The minimum atomic E-state index is -0.404. The van der Waals surface area contributed by atoms with Crippen LogP contribution >= 0.6 is 0 Å². The van der Waals surface area contributed by atoms with Crippen LogP contribution in [-0.2, 0) is 6.54 Å². The number of fused-ring (bicyclic) bond motifs is 1. The number of nitrogens with two attached hydrogens (primary N) is 1. The van der Waals surface area contributed by atoms with E-state index >= 15 is 0 Å². The van der Waals surface area contributed by atoms with Crippen LogP contribution in [0, 0.1) is 17.7 Å². The third-order valence-corrected chi connectivity index (χ3v) is 4.30. The second kappa shape index (κ2) is 4.96. The van der Waals surface area contributed by atoms with Crippen LogP contribution in [0.25, 0.3) is 11.0 Å². The summed E-state index contributed by atoms with van der Waals surface area (Å²) in [6.07, 6.45) is 3.71. The number of methoxy groups -OCH3 is 1. The van der Waals surface area contributed by atoms with Gasteiger partial charge in [0, 0.05) is 18.7 Å². The van der Waals surface area contributed by atoms with Crippen molar-refractivity contribution in [3.63, 3.8) is 0 Å². The lowest BCUT2D eigenvalue weighted by molar-refractivity contribution is 0.387. The highest BCUT2D eigenvalue weighted by Crippen LogP contribution is 2.34. The zero-order chi connectivity index (χ0) is 14.3. The standard InChI is InChI=1S/C15H20FN3O/c1-9-3-4-10(5-9)8-19-13-7-14(20-2)11(16)6-12(13)18-15(19)17/h6-7,9-10H,3-5,8H2,1-2H3,(H2,17,18). The molecule has 2 aromatic rings. The van der Waals surface area contributed by atoms with Gasteiger partial charge in [-0.05, 0) is 24.7 Å². The van der Waals surface area contributed by atoms with Crippen molar-refractivity contribution in [2.75, 3.05) is 12.8 Å². The Morgan fingerprint density at radius 3 is 2.90 bits per heavy atom. The second-order valence-corrected chi connectivity index (χ2v) is 5.84. The van der Waals surface area contributed by atoms with Crippen molar-refractivity contribution in [2.24, 2.45) is 11.8 Å². The molecule has 0 radical (unpaired) electrons. The lowest BCUT2D eigenvalue weighted by atomic mass is 10.1. The lowest BCUT2D eigenvalue weighted by Gasteiger charge is -2.13. The molecule has 108 valence electrons. The molecule has 1 aromatic carbocycles. The molecule has 0 bridgehead atoms. The molecule has 0 aliphatic heterocycles. The number of anilines is 1. The Morgan fingerprint density at radius 2 is 2.25 bits per heavy atom. The maximum Gasteiger partial charge on any atom is 0.201 e. The molecule has 1 heterocycles. The van der Waals surface area contributed by atoms with E-state index in [9.17, 15) is 4.39 Å². The number of ether oxygens (including phenoxy) is 1. The Kier molecular flexibility index (Phi) is 3.28. The van der Waals surface area contributed by atoms with E-state index in [1.165, 1.54) is 32.4 Å². The molecule has 1 aliphatic carbocycles. The van der Waals surface area contributed by atoms with Gasteiger partial charge < -0.3 is 15.0 Å². The fourth-order valence-electron chi connectivity index (χ4n) is 3.24. The smallest absolute Gasteiger partial charge is 0.201 e. The first-order chi connectivity index (χ1) is 9.58. The fraction of sp³-hybridized carbons (Fsp3) is 0.533. The Labute approximate surface area is 117 Å². The molecule has 5 heteroatoms. The van der Waals surface area contributed by atoms with Gasteiger partial charge in [0.1, 0.15) is 0 Å². The quantitative estimate of drug-likeness (QED) is 0.937. The van der Waals surface area contributed by atoms with Gasteiger partial charge in [-0.25, -0.2) is 9.37 Å². The van der Waals surface area contributed by atoms with Crippen molar-refractivity contribution in [3.05, 3.63) is 17.9 Å². The topological polar surface area (TPSA) is 53.1 Å². The molecule has 3 rings (SSSR count). The molecule has 0 spiro atoms. The van der Waals surface area contributed by atoms with Gasteiger partial charge in [-0.1, -0.05) is 13.3 Å². The maximum absolute atomic E-state index is 13.7.